The Morgan fingerprint density at radius 2 is 2.07 bits per heavy atom. The van der Waals surface area contributed by atoms with Crippen molar-refractivity contribution < 1.29 is 0 Å². The lowest BCUT2D eigenvalue weighted by atomic mass is 10.2. The average Bonchev–Trinajstić information content (AvgIpc) is 2.63. The van der Waals surface area contributed by atoms with E-state index in [4.69, 9.17) is 0 Å². The Morgan fingerprint density at radius 1 is 1.33 bits per heavy atom. The van der Waals surface area contributed by atoms with Gasteiger partial charge in [0.15, 0.2) is 0 Å². The zero-order valence-electron chi connectivity index (χ0n) is 9.66. The molecule has 1 aromatic carbocycles. The van der Waals surface area contributed by atoms with Crippen molar-refractivity contribution in [3.05, 3.63) is 29.8 Å². The van der Waals surface area contributed by atoms with Gasteiger partial charge in [0, 0.05) is 18.3 Å². The van der Waals surface area contributed by atoms with Gasteiger partial charge in [-0.05, 0) is 45.5 Å². The third-order valence-electron chi connectivity index (χ3n) is 3.26. The molecule has 1 atom stereocenters. The second-order valence-electron chi connectivity index (χ2n) is 4.52. The summed E-state index contributed by atoms with van der Waals surface area (Å²) in [7, 11) is 2.22. The van der Waals surface area contributed by atoms with E-state index in [2.05, 4.69) is 48.5 Å². The molecule has 1 heterocycles. The molecule has 0 spiro atoms. The van der Waals surface area contributed by atoms with Gasteiger partial charge >= 0.3 is 0 Å². The summed E-state index contributed by atoms with van der Waals surface area (Å²) in [5.41, 5.74) is 2.56. The number of hydrogen-bond acceptors (Lipinski definition) is 2. The van der Waals surface area contributed by atoms with E-state index in [-0.39, 0.29) is 0 Å². The summed E-state index contributed by atoms with van der Waals surface area (Å²) in [5.74, 6) is 0. The molecule has 0 aliphatic carbocycles. The lowest BCUT2D eigenvalue weighted by Crippen LogP contribution is -2.31. The van der Waals surface area contributed by atoms with Crippen LogP contribution in [-0.2, 0) is 0 Å². The van der Waals surface area contributed by atoms with E-state index in [9.17, 15) is 0 Å². The van der Waals surface area contributed by atoms with Crippen LogP contribution in [0.5, 0.6) is 0 Å². The number of nitrogens with one attached hydrogen (secondary N) is 1. The van der Waals surface area contributed by atoms with Gasteiger partial charge in [-0.1, -0.05) is 17.7 Å². The second-order valence-corrected chi connectivity index (χ2v) is 4.52. The number of benzene rings is 1. The molecule has 1 N–H and O–H groups in total. The number of rotatable bonds is 3. The van der Waals surface area contributed by atoms with Gasteiger partial charge in [-0.15, -0.1) is 0 Å². The third-order valence-corrected chi connectivity index (χ3v) is 3.26. The molecule has 2 rings (SSSR count). The number of hydrogen-bond donors (Lipinski definition) is 1. The minimum atomic E-state index is 0.714. The quantitative estimate of drug-likeness (QED) is 0.814. The zero-order valence-corrected chi connectivity index (χ0v) is 9.66. The summed E-state index contributed by atoms with van der Waals surface area (Å²) >= 11 is 0. The molecule has 2 nitrogen and oxygen atoms in total. The fourth-order valence-corrected chi connectivity index (χ4v) is 2.14. The Kier molecular flexibility index (Phi) is 3.27. The number of anilines is 1. The molecule has 1 aliphatic rings. The highest BCUT2D eigenvalue weighted by atomic mass is 15.2. The first-order valence-electron chi connectivity index (χ1n) is 5.76. The molecule has 1 fully saturated rings. The van der Waals surface area contributed by atoms with Crippen LogP contribution in [0.4, 0.5) is 5.69 Å². The standard InChI is InChI=1S/C13H20N2/c1-11-5-7-12(8-6-11)14-10-13-4-3-9-15(13)2/h5-8,13-14H,3-4,9-10H2,1-2H3. The van der Waals surface area contributed by atoms with Crippen LogP contribution in [0.2, 0.25) is 0 Å². The van der Waals surface area contributed by atoms with E-state index in [0.717, 1.165) is 6.54 Å². The Labute approximate surface area is 92.3 Å². The van der Waals surface area contributed by atoms with E-state index >= 15 is 0 Å². The second kappa shape index (κ2) is 4.67. The highest BCUT2D eigenvalue weighted by molar-refractivity contribution is 5.44. The lowest BCUT2D eigenvalue weighted by molar-refractivity contribution is 0.322. The first-order chi connectivity index (χ1) is 7.25. The van der Waals surface area contributed by atoms with Crippen molar-refractivity contribution in [1.29, 1.82) is 0 Å². The van der Waals surface area contributed by atoms with Crippen LogP contribution in [0, 0.1) is 6.92 Å². The maximum absolute atomic E-state index is 3.50. The van der Waals surface area contributed by atoms with Crippen LogP contribution in [0.3, 0.4) is 0 Å². The molecule has 1 saturated heterocycles. The van der Waals surface area contributed by atoms with Crippen LogP contribution in [0.25, 0.3) is 0 Å². The number of likely N-dealkylation sites (tertiary alicyclic amines) is 1. The Bertz CT molecular complexity index is 305. The molecular weight excluding hydrogens is 184 g/mol. The predicted molar refractivity (Wildman–Crippen MR) is 65.3 cm³/mol. The highest BCUT2D eigenvalue weighted by Crippen LogP contribution is 2.16. The van der Waals surface area contributed by atoms with Crippen molar-refractivity contribution in [2.45, 2.75) is 25.8 Å². The molecule has 82 valence electrons. The minimum absolute atomic E-state index is 0.714. The van der Waals surface area contributed by atoms with Crippen molar-refractivity contribution in [2.75, 3.05) is 25.5 Å². The molecule has 0 aromatic heterocycles. The van der Waals surface area contributed by atoms with Crippen LogP contribution < -0.4 is 5.32 Å². The molecule has 0 saturated carbocycles. The smallest absolute Gasteiger partial charge is 0.0340 e. The van der Waals surface area contributed by atoms with Crippen LogP contribution >= 0.6 is 0 Å². The van der Waals surface area contributed by atoms with Crippen molar-refractivity contribution >= 4 is 5.69 Å². The van der Waals surface area contributed by atoms with Crippen LogP contribution in [0.1, 0.15) is 18.4 Å². The molecule has 0 radical (unpaired) electrons. The van der Waals surface area contributed by atoms with E-state index < -0.39 is 0 Å². The molecule has 0 amide bonds. The summed E-state index contributed by atoms with van der Waals surface area (Å²) in [4.78, 5) is 2.45. The number of aryl methyl sites for hydroxylation is 1. The Morgan fingerprint density at radius 3 is 2.67 bits per heavy atom. The summed E-state index contributed by atoms with van der Waals surface area (Å²) in [5, 5.41) is 3.50. The van der Waals surface area contributed by atoms with E-state index in [1.807, 2.05) is 0 Å². The van der Waals surface area contributed by atoms with Crippen LogP contribution in [0.15, 0.2) is 24.3 Å². The fraction of sp³-hybridized carbons (Fsp3) is 0.538. The highest BCUT2D eigenvalue weighted by Gasteiger charge is 2.19. The van der Waals surface area contributed by atoms with E-state index in [1.54, 1.807) is 0 Å². The van der Waals surface area contributed by atoms with Gasteiger partial charge in [-0.25, -0.2) is 0 Å². The average molecular weight is 204 g/mol. The number of likely N-dealkylation sites (N-methyl/N-ethyl adjacent to an activating group) is 1. The summed E-state index contributed by atoms with van der Waals surface area (Å²) in [6.07, 6.45) is 2.67. The fourth-order valence-electron chi connectivity index (χ4n) is 2.14. The van der Waals surface area contributed by atoms with Crippen molar-refractivity contribution in [1.82, 2.24) is 4.90 Å². The van der Waals surface area contributed by atoms with Crippen molar-refractivity contribution in [2.24, 2.45) is 0 Å². The molecular formula is C13H20N2. The van der Waals surface area contributed by atoms with Crippen molar-refractivity contribution in [3.8, 4) is 0 Å². The molecule has 1 aromatic rings. The number of nitrogens with zero attached hydrogens (tertiary/aromatic N) is 1. The van der Waals surface area contributed by atoms with Gasteiger partial charge in [0.05, 0.1) is 0 Å². The summed E-state index contributed by atoms with van der Waals surface area (Å²) < 4.78 is 0. The van der Waals surface area contributed by atoms with Crippen molar-refractivity contribution in [3.63, 3.8) is 0 Å². The normalized spacial score (nSPS) is 21.9. The maximum atomic E-state index is 3.50. The zero-order chi connectivity index (χ0) is 10.7. The molecule has 15 heavy (non-hydrogen) atoms. The van der Waals surface area contributed by atoms with E-state index in [1.165, 1.54) is 30.6 Å². The van der Waals surface area contributed by atoms with Gasteiger partial charge in [-0.2, -0.15) is 0 Å². The van der Waals surface area contributed by atoms with Gasteiger partial charge < -0.3 is 10.2 Å². The SMILES string of the molecule is Cc1ccc(NCC2CCCN2C)cc1. The lowest BCUT2D eigenvalue weighted by Gasteiger charge is -2.20. The van der Waals surface area contributed by atoms with Gasteiger partial charge in [0.25, 0.3) is 0 Å². The molecule has 0 bridgehead atoms. The summed E-state index contributed by atoms with van der Waals surface area (Å²) in [6.45, 7) is 4.44. The first-order valence-corrected chi connectivity index (χ1v) is 5.76. The van der Waals surface area contributed by atoms with Gasteiger partial charge in [-0.3, -0.25) is 0 Å². The first kappa shape index (κ1) is 10.5. The largest absolute Gasteiger partial charge is 0.383 e. The molecule has 2 heteroatoms. The maximum Gasteiger partial charge on any atom is 0.0340 e. The van der Waals surface area contributed by atoms with E-state index in [0.29, 0.717) is 6.04 Å². The monoisotopic (exact) mass is 204 g/mol. The topological polar surface area (TPSA) is 15.3 Å². The van der Waals surface area contributed by atoms with Crippen LogP contribution in [-0.4, -0.2) is 31.1 Å². The molecule has 1 unspecified atom stereocenters. The third kappa shape index (κ3) is 2.72. The predicted octanol–water partition coefficient (Wildman–Crippen LogP) is 2.50. The Balaban J connectivity index is 1.85. The summed E-state index contributed by atoms with van der Waals surface area (Å²) in [6, 6.07) is 9.34. The Hall–Kier alpha value is -1.02. The van der Waals surface area contributed by atoms with Gasteiger partial charge in [0.2, 0.25) is 0 Å². The molecule has 1 aliphatic heterocycles. The minimum Gasteiger partial charge on any atom is -0.383 e. The van der Waals surface area contributed by atoms with Gasteiger partial charge in [0.1, 0.15) is 0 Å².